The monoisotopic (exact) mass is 412 g/mol. The SMILES string of the molecule is Cc1cc(CSc2nnc(COc3ccccc3Cl)n2-c2ccccc2)no1. The first-order valence-corrected chi connectivity index (χ1v) is 9.99. The van der Waals surface area contributed by atoms with Crippen molar-refractivity contribution in [3.63, 3.8) is 0 Å². The van der Waals surface area contributed by atoms with Crippen LogP contribution in [0.25, 0.3) is 5.69 Å². The van der Waals surface area contributed by atoms with Crippen molar-refractivity contribution in [2.45, 2.75) is 24.4 Å². The largest absolute Gasteiger partial charge is 0.484 e. The molecule has 0 saturated carbocycles. The molecule has 0 amide bonds. The molecule has 0 radical (unpaired) electrons. The number of para-hydroxylation sites is 2. The number of halogens is 1. The van der Waals surface area contributed by atoms with Crippen molar-refractivity contribution < 1.29 is 9.26 Å². The average Bonchev–Trinajstić information content (AvgIpc) is 3.32. The van der Waals surface area contributed by atoms with E-state index in [0.29, 0.717) is 22.3 Å². The predicted molar refractivity (Wildman–Crippen MR) is 108 cm³/mol. The van der Waals surface area contributed by atoms with E-state index < -0.39 is 0 Å². The van der Waals surface area contributed by atoms with Gasteiger partial charge in [-0.05, 0) is 31.2 Å². The van der Waals surface area contributed by atoms with Crippen LogP contribution in [0, 0.1) is 6.92 Å². The minimum absolute atomic E-state index is 0.245. The Kier molecular flexibility index (Phi) is 5.64. The highest BCUT2D eigenvalue weighted by Crippen LogP contribution is 2.27. The lowest BCUT2D eigenvalue weighted by molar-refractivity contribution is 0.293. The quantitative estimate of drug-likeness (QED) is 0.394. The van der Waals surface area contributed by atoms with Crippen LogP contribution < -0.4 is 4.74 Å². The third-order valence-electron chi connectivity index (χ3n) is 3.93. The summed E-state index contributed by atoms with van der Waals surface area (Å²) in [7, 11) is 0. The van der Waals surface area contributed by atoms with Crippen LogP contribution in [0.1, 0.15) is 17.3 Å². The summed E-state index contributed by atoms with van der Waals surface area (Å²) in [6.07, 6.45) is 0. The Bertz CT molecular complexity index is 1070. The van der Waals surface area contributed by atoms with Gasteiger partial charge in [-0.1, -0.05) is 58.9 Å². The molecule has 0 fully saturated rings. The highest BCUT2D eigenvalue weighted by Gasteiger charge is 2.16. The fourth-order valence-electron chi connectivity index (χ4n) is 2.65. The Hall–Kier alpha value is -2.77. The topological polar surface area (TPSA) is 66.0 Å². The smallest absolute Gasteiger partial charge is 0.196 e. The van der Waals surface area contributed by atoms with Gasteiger partial charge in [0.25, 0.3) is 0 Å². The van der Waals surface area contributed by atoms with Gasteiger partial charge in [0.1, 0.15) is 18.1 Å². The van der Waals surface area contributed by atoms with Crippen LogP contribution in [-0.2, 0) is 12.4 Å². The molecule has 6 nitrogen and oxygen atoms in total. The molecule has 0 aliphatic rings. The van der Waals surface area contributed by atoms with Gasteiger partial charge >= 0.3 is 0 Å². The Balaban J connectivity index is 1.59. The molecule has 0 bridgehead atoms. The van der Waals surface area contributed by atoms with Gasteiger partial charge < -0.3 is 9.26 Å². The van der Waals surface area contributed by atoms with Crippen LogP contribution in [0.3, 0.4) is 0 Å². The molecular formula is C20H17ClN4O2S. The number of thioether (sulfide) groups is 1. The molecule has 2 aromatic carbocycles. The van der Waals surface area contributed by atoms with Gasteiger partial charge in [-0.2, -0.15) is 0 Å². The van der Waals surface area contributed by atoms with E-state index in [-0.39, 0.29) is 6.61 Å². The Morgan fingerprint density at radius 3 is 2.61 bits per heavy atom. The maximum Gasteiger partial charge on any atom is 0.196 e. The van der Waals surface area contributed by atoms with E-state index in [4.69, 9.17) is 20.9 Å². The highest BCUT2D eigenvalue weighted by atomic mass is 35.5. The van der Waals surface area contributed by atoms with E-state index in [0.717, 1.165) is 22.3 Å². The van der Waals surface area contributed by atoms with Crippen molar-refractivity contribution in [2.24, 2.45) is 0 Å². The minimum Gasteiger partial charge on any atom is -0.484 e. The summed E-state index contributed by atoms with van der Waals surface area (Å²) >= 11 is 7.72. The van der Waals surface area contributed by atoms with Gasteiger partial charge in [0, 0.05) is 17.5 Å². The first-order valence-electron chi connectivity index (χ1n) is 8.63. The number of aromatic nitrogens is 4. The van der Waals surface area contributed by atoms with Crippen LogP contribution in [0.5, 0.6) is 5.75 Å². The van der Waals surface area contributed by atoms with Gasteiger partial charge in [-0.15, -0.1) is 10.2 Å². The summed E-state index contributed by atoms with van der Waals surface area (Å²) in [5.41, 5.74) is 1.82. The molecule has 4 aromatic rings. The van der Waals surface area contributed by atoms with Crippen LogP contribution in [-0.4, -0.2) is 19.9 Å². The summed E-state index contributed by atoms with van der Waals surface area (Å²) < 4.78 is 13.0. The van der Waals surface area contributed by atoms with E-state index in [1.54, 1.807) is 6.07 Å². The molecule has 0 aliphatic carbocycles. The first kappa shape index (κ1) is 18.6. The standard InChI is InChI=1S/C20H17ClN4O2S/c1-14-11-15(24-27-14)13-28-20-23-22-19(25(20)16-7-3-2-4-8-16)12-26-18-10-6-5-9-17(18)21/h2-11H,12-13H2,1H3. The fourth-order valence-corrected chi connectivity index (χ4v) is 3.69. The van der Waals surface area contributed by atoms with Crippen molar-refractivity contribution >= 4 is 23.4 Å². The molecule has 2 aromatic heterocycles. The minimum atomic E-state index is 0.245. The van der Waals surface area contributed by atoms with Crippen molar-refractivity contribution in [2.75, 3.05) is 0 Å². The zero-order valence-electron chi connectivity index (χ0n) is 15.1. The molecule has 0 unspecified atom stereocenters. The molecule has 142 valence electrons. The number of hydrogen-bond donors (Lipinski definition) is 0. The molecule has 0 saturated heterocycles. The van der Waals surface area contributed by atoms with E-state index >= 15 is 0 Å². The van der Waals surface area contributed by atoms with Crippen molar-refractivity contribution in [1.29, 1.82) is 0 Å². The second kappa shape index (κ2) is 8.50. The van der Waals surface area contributed by atoms with Crippen molar-refractivity contribution in [1.82, 2.24) is 19.9 Å². The molecule has 0 spiro atoms. The normalized spacial score (nSPS) is 10.9. The van der Waals surface area contributed by atoms with Crippen LogP contribution >= 0.6 is 23.4 Å². The summed E-state index contributed by atoms with van der Waals surface area (Å²) in [5.74, 6) is 2.71. The van der Waals surface area contributed by atoms with Gasteiger partial charge in [0.15, 0.2) is 11.0 Å². The third-order valence-corrected chi connectivity index (χ3v) is 5.21. The van der Waals surface area contributed by atoms with Gasteiger partial charge in [-0.3, -0.25) is 4.57 Å². The number of hydrogen-bond acceptors (Lipinski definition) is 6. The number of aryl methyl sites for hydroxylation is 1. The molecule has 0 N–H and O–H groups in total. The summed E-state index contributed by atoms with van der Waals surface area (Å²) in [4.78, 5) is 0. The predicted octanol–water partition coefficient (Wildman–Crippen LogP) is 5.09. The van der Waals surface area contributed by atoms with Crippen LogP contribution in [0.4, 0.5) is 0 Å². The molecular weight excluding hydrogens is 396 g/mol. The van der Waals surface area contributed by atoms with Gasteiger partial charge in [-0.25, -0.2) is 0 Å². The molecule has 4 rings (SSSR count). The lowest BCUT2D eigenvalue weighted by Gasteiger charge is -2.11. The van der Waals surface area contributed by atoms with E-state index in [2.05, 4.69) is 15.4 Å². The zero-order valence-corrected chi connectivity index (χ0v) is 16.7. The number of benzene rings is 2. The highest BCUT2D eigenvalue weighted by molar-refractivity contribution is 7.98. The van der Waals surface area contributed by atoms with Crippen molar-refractivity contribution in [3.05, 3.63) is 83.0 Å². The maximum atomic E-state index is 6.18. The van der Waals surface area contributed by atoms with Crippen molar-refractivity contribution in [3.8, 4) is 11.4 Å². The van der Waals surface area contributed by atoms with Crippen LogP contribution in [0.15, 0.2) is 70.3 Å². The van der Waals surface area contributed by atoms with E-state index in [9.17, 15) is 0 Å². The zero-order chi connectivity index (χ0) is 19.3. The lowest BCUT2D eigenvalue weighted by atomic mass is 10.3. The number of ether oxygens (including phenoxy) is 1. The molecule has 8 heteroatoms. The van der Waals surface area contributed by atoms with Gasteiger partial charge in [0.05, 0.1) is 10.7 Å². The molecule has 0 atom stereocenters. The lowest BCUT2D eigenvalue weighted by Crippen LogP contribution is -2.06. The Morgan fingerprint density at radius 2 is 1.86 bits per heavy atom. The summed E-state index contributed by atoms with van der Waals surface area (Å²) in [6.45, 7) is 2.12. The maximum absolute atomic E-state index is 6.18. The van der Waals surface area contributed by atoms with E-state index in [1.165, 1.54) is 11.8 Å². The molecule has 2 heterocycles. The molecule has 0 aliphatic heterocycles. The summed E-state index contributed by atoms with van der Waals surface area (Å²) in [6, 6.07) is 19.2. The van der Waals surface area contributed by atoms with Gasteiger partial charge in [0.2, 0.25) is 0 Å². The molecule has 28 heavy (non-hydrogen) atoms. The first-order chi connectivity index (χ1) is 13.7. The average molecular weight is 413 g/mol. The summed E-state index contributed by atoms with van der Waals surface area (Å²) in [5, 5.41) is 14.0. The van der Waals surface area contributed by atoms with E-state index in [1.807, 2.05) is 66.1 Å². The second-order valence-electron chi connectivity index (χ2n) is 6.01. The second-order valence-corrected chi connectivity index (χ2v) is 7.36. The third kappa shape index (κ3) is 4.21. The van der Waals surface area contributed by atoms with Crippen LogP contribution in [0.2, 0.25) is 5.02 Å². The Labute approximate surface area is 171 Å². The number of nitrogens with zero attached hydrogens (tertiary/aromatic N) is 4. The fraction of sp³-hybridized carbons (Fsp3) is 0.150. The Morgan fingerprint density at radius 1 is 1.07 bits per heavy atom. The number of rotatable bonds is 7.